The van der Waals surface area contributed by atoms with Crippen molar-refractivity contribution in [2.45, 2.75) is 24.4 Å². The predicted molar refractivity (Wildman–Crippen MR) is 104 cm³/mol. The fourth-order valence-electron chi connectivity index (χ4n) is 2.93. The normalized spacial score (nSPS) is 27.6. The van der Waals surface area contributed by atoms with Crippen LogP contribution in [0.2, 0.25) is 0 Å². The van der Waals surface area contributed by atoms with Gasteiger partial charge in [0, 0.05) is 12.6 Å². The standard InChI is InChI=1S/C13H17N4O12P3/c1-2-13(6-26-31(22,23)29-32(24,25)28-30(19,20)21)9(18)5-10(27-13)17-4-3-8-11(14)15-7-16-12(8)17/h1,3-4,7,9-10,18H,5-6H2,(H,22,23)(H,24,25)(H2,14,15,16)(H2,19,20,21)/t9?,10?,13-/m1/s1. The van der Waals surface area contributed by atoms with Gasteiger partial charge in [0.1, 0.15) is 36.7 Å². The molecule has 0 aromatic carbocycles. The lowest BCUT2D eigenvalue weighted by Gasteiger charge is -2.27. The minimum atomic E-state index is -5.71. The van der Waals surface area contributed by atoms with Gasteiger partial charge in [0.05, 0.1) is 5.39 Å². The first-order valence-corrected chi connectivity index (χ1v) is 12.9. The van der Waals surface area contributed by atoms with Crippen molar-refractivity contribution in [3.05, 3.63) is 18.6 Å². The van der Waals surface area contributed by atoms with Crippen LogP contribution in [0, 0.1) is 12.3 Å². The maximum Gasteiger partial charge on any atom is 0.490 e. The zero-order valence-corrected chi connectivity index (χ0v) is 18.4. The van der Waals surface area contributed by atoms with Crippen molar-refractivity contribution in [3.63, 3.8) is 0 Å². The van der Waals surface area contributed by atoms with E-state index in [2.05, 4.69) is 29.0 Å². The summed E-state index contributed by atoms with van der Waals surface area (Å²) in [6.07, 6.45) is 5.72. The number of aliphatic hydroxyl groups excluding tert-OH is 1. The zero-order valence-electron chi connectivity index (χ0n) is 15.7. The SMILES string of the molecule is C#C[C@]1(COP(=O)(O)OP(=O)(O)OP(=O)(O)O)OC(n2ccc3c(N)ncnc32)CC1O. The molecule has 0 radical (unpaired) electrons. The van der Waals surface area contributed by atoms with Gasteiger partial charge in [-0.3, -0.25) is 4.52 Å². The summed E-state index contributed by atoms with van der Waals surface area (Å²) in [6.45, 7) is -1.01. The van der Waals surface area contributed by atoms with Gasteiger partial charge in [0.25, 0.3) is 0 Å². The summed E-state index contributed by atoms with van der Waals surface area (Å²) in [5.41, 5.74) is 4.13. The third-order valence-corrected chi connectivity index (χ3v) is 8.04. The molecule has 2 aromatic heterocycles. The van der Waals surface area contributed by atoms with E-state index < -0.39 is 48.0 Å². The molecule has 1 aliphatic rings. The van der Waals surface area contributed by atoms with Gasteiger partial charge in [0.2, 0.25) is 0 Å². The molecule has 3 heterocycles. The summed E-state index contributed by atoms with van der Waals surface area (Å²) in [5.74, 6) is 2.31. The number of ether oxygens (including phenoxy) is 1. The number of nitrogens with two attached hydrogens (primary N) is 1. The van der Waals surface area contributed by atoms with E-state index in [-0.39, 0.29) is 12.2 Å². The average Bonchev–Trinajstić information content (AvgIpc) is 3.19. The molecule has 16 nitrogen and oxygen atoms in total. The van der Waals surface area contributed by atoms with Crippen LogP contribution in [0.25, 0.3) is 11.0 Å². The number of phosphoric ester groups is 1. The number of phosphoric acid groups is 3. The first-order valence-electron chi connectivity index (χ1n) is 8.36. The van der Waals surface area contributed by atoms with Crippen molar-refractivity contribution in [3.8, 4) is 12.3 Å². The molecule has 176 valence electrons. The number of aliphatic hydroxyl groups is 1. The van der Waals surface area contributed by atoms with Crippen LogP contribution in [0.4, 0.5) is 5.82 Å². The molecule has 7 N–H and O–H groups in total. The molecule has 2 aromatic rings. The van der Waals surface area contributed by atoms with Crippen LogP contribution < -0.4 is 5.73 Å². The Labute approximate surface area is 179 Å². The van der Waals surface area contributed by atoms with E-state index >= 15 is 0 Å². The second kappa shape index (κ2) is 8.58. The van der Waals surface area contributed by atoms with E-state index in [4.69, 9.17) is 26.7 Å². The molecule has 1 fully saturated rings. The number of anilines is 1. The minimum absolute atomic E-state index is 0.113. The molecular formula is C13H17N4O12P3. The van der Waals surface area contributed by atoms with Crippen LogP contribution in [0.5, 0.6) is 0 Å². The Hall–Kier alpha value is -1.69. The van der Waals surface area contributed by atoms with Crippen LogP contribution in [-0.4, -0.2) is 57.5 Å². The van der Waals surface area contributed by atoms with Crippen LogP contribution in [-0.2, 0) is 31.6 Å². The number of hydrogen-bond acceptors (Lipinski definition) is 11. The van der Waals surface area contributed by atoms with Crippen molar-refractivity contribution in [1.29, 1.82) is 0 Å². The maximum absolute atomic E-state index is 12.0. The fourth-order valence-corrected chi connectivity index (χ4v) is 5.98. The van der Waals surface area contributed by atoms with Gasteiger partial charge in [-0.2, -0.15) is 8.62 Å². The number of nitrogens with zero attached hydrogens (tertiary/aromatic N) is 3. The summed E-state index contributed by atoms with van der Waals surface area (Å²) < 4.78 is 53.0. The quantitative estimate of drug-likeness (QED) is 0.201. The van der Waals surface area contributed by atoms with E-state index in [1.165, 1.54) is 10.9 Å². The summed E-state index contributed by atoms with van der Waals surface area (Å²) >= 11 is 0. The van der Waals surface area contributed by atoms with Crippen molar-refractivity contribution < 1.29 is 56.3 Å². The topological polar surface area (TPSA) is 246 Å². The molecule has 1 saturated heterocycles. The Kier molecular flexibility index (Phi) is 6.69. The Bertz CT molecular complexity index is 1210. The molecule has 0 spiro atoms. The van der Waals surface area contributed by atoms with Gasteiger partial charge in [0.15, 0.2) is 5.60 Å². The molecule has 0 aliphatic carbocycles. The van der Waals surface area contributed by atoms with Gasteiger partial charge in [-0.15, -0.1) is 6.42 Å². The van der Waals surface area contributed by atoms with Gasteiger partial charge in [-0.25, -0.2) is 23.7 Å². The Morgan fingerprint density at radius 1 is 1.25 bits per heavy atom. The van der Waals surface area contributed by atoms with Crippen molar-refractivity contribution in [2.75, 3.05) is 12.3 Å². The molecule has 3 rings (SSSR count). The third kappa shape index (κ3) is 5.44. The molecule has 1 aliphatic heterocycles. The zero-order chi connectivity index (χ0) is 23.9. The van der Waals surface area contributed by atoms with Crippen LogP contribution in [0.15, 0.2) is 18.6 Å². The highest BCUT2D eigenvalue weighted by Crippen LogP contribution is 2.66. The van der Waals surface area contributed by atoms with Crippen LogP contribution >= 0.6 is 23.5 Å². The Morgan fingerprint density at radius 2 is 1.94 bits per heavy atom. The number of rotatable bonds is 8. The van der Waals surface area contributed by atoms with Crippen LogP contribution in [0.1, 0.15) is 12.6 Å². The van der Waals surface area contributed by atoms with Gasteiger partial charge in [-0.05, 0) is 6.07 Å². The van der Waals surface area contributed by atoms with Crippen molar-refractivity contribution in [1.82, 2.24) is 14.5 Å². The lowest BCUT2D eigenvalue weighted by molar-refractivity contribution is -0.0873. The smallest absolute Gasteiger partial charge is 0.389 e. The van der Waals surface area contributed by atoms with E-state index in [0.717, 1.165) is 0 Å². The molecule has 19 heteroatoms. The summed E-state index contributed by atoms with van der Waals surface area (Å²) in [4.78, 5) is 43.9. The number of aromatic nitrogens is 3. The van der Waals surface area contributed by atoms with E-state index in [1.54, 1.807) is 12.3 Å². The minimum Gasteiger partial charge on any atom is -0.389 e. The first kappa shape index (κ1) is 24.9. The van der Waals surface area contributed by atoms with E-state index in [0.29, 0.717) is 11.0 Å². The second-order valence-electron chi connectivity index (χ2n) is 6.44. The largest absolute Gasteiger partial charge is 0.490 e. The van der Waals surface area contributed by atoms with Crippen molar-refractivity contribution >= 4 is 40.3 Å². The van der Waals surface area contributed by atoms with E-state index in [9.17, 15) is 28.6 Å². The number of fused-ring (bicyclic) bond motifs is 1. The third-order valence-electron chi connectivity index (χ3n) is 4.26. The number of hydrogen-bond donors (Lipinski definition) is 6. The lowest BCUT2D eigenvalue weighted by atomic mass is 9.99. The Morgan fingerprint density at radius 3 is 2.56 bits per heavy atom. The molecule has 32 heavy (non-hydrogen) atoms. The molecule has 4 unspecified atom stereocenters. The van der Waals surface area contributed by atoms with Gasteiger partial charge >= 0.3 is 23.5 Å². The highest BCUT2D eigenvalue weighted by Gasteiger charge is 2.50. The molecule has 0 amide bonds. The summed E-state index contributed by atoms with van der Waals surface area (Å²) in [5, 5.41) is 11.0. The molecule has 0 bridgehead atoms. The molecular weight excluding hydrogens is 497 g/mol. The van der Waals surface area contributed by atoms with Gasteiger partial charge < -0.3 is 39.7 Å². The fraction of sp³-hybridized carbons (Fsp3) is 0.385. The number of nitrogen functional groups attached to an aromatic ring is 1. The Balaban J connectivity index is 1.76. The predicted octanol–water partition coefficient (Wildman–Crippen LogP) is 0.00860. The first-order chi connectivity index (χ1) is 14.7. The highest BCUT2D eigenvalue weighted by molar-refractivity contribution is 7.66. The molecule has 5 atom stereocenters. The molecule has 0 saturated carbocycles. The second-order valence-corrected chi connectivity index (χ2v) is 10.9. The summed E-state index contributed by atoms with van der Waals surface area (Å²) in [7, 11) is -16.7. The average molecular weight is 514 g/mol. The highest BCUT2D eigenvalue weighted by atomic mass is 31.3. The van der Waals surface area contributed by atoms with Crippen molar-refractivity contribution in [2.24, 2.45) is 0 Å². The van der Waals surface area contributed by atoms with Crippen LogP contribution in [0.3, 0.4) is 0 Å². The lowest BCUT2D eigenvalue weighted by Crippen LogP contribution is -2.42. The maximum atomic E-state index is 12.0. The monoisotopic (exact) mass is 514 g/mol. The van der Waals surface area contributed by atoms with E-state index in [1.807, 2.05) is 0 Å². The number of terminal acetylenes is 1. The van der Waals surface area contributed by atoms with Gasteiger partial charge in [-0.1, -0.05) is 5.92 Å². The summed E-state index contributed by atoms with van der Waals surface area (Å²) in [6, 6.07) is 1.60.